The van der Waals surface area contributed by atoms with Gasteiger partial charge in [-0.3, -0.25) is 0 Å². The number of rotatable bonds is 1. The number of esters is 1. The van der Waals surface area contributed by atoms with Gasteiger partial charge < -0.3 is 4.74 Å². The molecule has 4 heteroatoms. The van der Waals surface area contributed by atoms with Crippen LogP contribution in [0.25, 0.3) is 11.8 Å². The van der Waals surface area contributed by atoms with Crippen LogP contribution in [0, 0.1) is 5.82 Å². The van der Waals surface area contributed by atoms with Gasteiger partial charge in [-0.1, -0.05) is 35.9 Å². The predicted molar refractivity (Wildman–Crippen MR) is 71.1 cm³/mol. The number of hydrogen-bond donors (Lipinski definition) is 0. The van der Waals surface area contributed by atoms with E-state index in [2.05, 4.69) is 0 Å². The maximum absolute atomic E-state index is 13.1. The molecule has 94 valence electrons. The van der Waals surface area contributed by atoms with Crippen LogP contribution in [-0.4, -0.2) is 5.97 Å². The van der Waals surface area contributed by atoms with Gasteiger partial charge >= 0.3 is 5.97 Å². The molecule has 3 rings (SSSR count). The first-order valence-corrected chi connectivity index (χ1v) is 6.01. The number of benzene rings is 2. The molecule has 1 heterocycles. The van der Waals surface area contributed by atoms with Crippen LogP contribution in [0.4, 0.5) is 4.39 Å². The van der Waals surface area contributed by atoms with E-state index in [-0.39, 0.29) is 11.0 Å². The predicted octanol–water partition coefficient (Wildman–Crippen LogP) is 4.15. The van der Waals surface area contributed by atoms with E-state index >= 15 is 0 Å². The molecule has 0 amide bonds. The summed E-state index contributed by atoms with van der Waals surface area (Å²) in [6.07, 6.45) is 1.66. The lowest BCUT2D eigenvalue weighted by molar-refractivity contribution is 0.0717. The van der Waals surface area contributed by atoms with E-state index < -0.39 is 5.82 Å². The Morgan fingerprint density at radius 3 is 2.58 bits per heavy atom. The highest BCUT2D eigenvalue weighted by Gasteiger charge is 2.25. The second kappa shape index (κ2) is 4.52. The lowest BCUT2D eigenvalue weighted by atomic mass is 10.1. The Balaban J connectivity index is 2.06. The van der Waals surface area contributed by atoms with Gasteiger partial charge in [-0.2, -0.15) is 0 Å². The average Bonchev–Trinajstić information content (AvgIpc) is 2.72. The summed E-state index contributed by atoms with van der Waals surface area (Å²) in [6, 6.07) is 11.4. The van der Waals surface area contributed by atoms with E-state index in [9.17, 15) is 9.18 Å². The Morgan fingerprint density at radius 2 is 1.84 bits per heavy atom. The first kappa shape index (κ1) is 11.9. The summed E-state index contributed by atoms with van der Waals surface area (Å²) in [4.78, 5) is 11.6. The maximum atomic E-state index is 13.1. The lowest BCUT2D eigenvalue weighted by Crippen LogP contribution is -1.92. The fourth-order valence-electron chi connectivity index (χ4n) is 1.95. The van der Waals surface area contributed by atoms with E-state index in [4.69, 9.17) is 16.3 Å². The summed E-state index contributed by atoms with van der Waals surface area (Å²) in [5.41, 5.74) is 1.93. The molecule has 1 aliphatic rings. The molecule has 0 aliphatic carbocycles. The Morgan fingerprint density at radius 1 is 1.11 bits per heavy atom. The molecule has 0 saturated carbocycles. The summed E-state index contributed by atoms with van der Waals surface area (Å²) in [5, 5.41) is 0.0342. The summed E-state index contributed by atoms with van der Waals surface area (Å²) in [5.74, 6) is -0.411. The van der Waals surface area contributed by atoms with Gasteiger partial charge in [0.1, 0.15) is 11.6 Å². The molecule has 19 heavy (non-hydrogen) atoms. The minimum atomic E-state index is -0.479. The second-order valence-electron chi connectivity index (χ2n) is 4.12. The number of ether oxygens (including phenoxy) is 1. The van der Waals surface area contributed by atoms with Crippen molar-refractivity contribution < 1.29 is 13.9 Å². The van der Waals surface area contributed by atoms with Crippen molar-refractivity contribution in [3.8, 4) is 0 Å². The van der Waals surface area contributed by atoms with Gasteiger partial charge in [-0.05, 0) is 29.8 Å². The van der Waals surface area contributed by atoms with E-state index in [1.54, 1.807) is 30.3 Å². The number of hydrogen-bond acceptors (Lipinski definition) is 2. The van der Waals surface area contributed by atoms with Gasteiger partial charge in [-0.15, -0.1) is 0 Å². The highest BCUT2D eigenvalue weighted by Crippen LogP contribution is 2.31. The molecular weight excluding hydrogens is 267 g/mol. The Kier molecular flexibility index (Phi) is 2.84. The molecule has 0 atom stereocenters. The van der Waals surface area contributed by atoms with Gasteiger partial charge in [0.25, 0.3) is 0 Å². The molecule has 0 fully saturated rings. The zero-order chi connectivity index (χ0) is 13.4. The standard InChI is InChI=1S/C15H8ClFO2/c16-12-7-9(5-6-13(12)17)8-14-10-3-1-2-4-11(10)15(18)19-14/h1-8H. The summed E-state index contributed by atoms with van der Waals surface area (Å²) < 4.78 is 18.3. The van der Waals surface area contributed by atoms with Crippen LogP contribution in [0.3, 0.4) is 0 Å². The molecule has 2 aromatic rings. The number of carbonyl (C=O) groups is 1. The van der Waals surface area contributed by atoms with Crippen molar-refractivity contribution in [2.75, 3.05) is 0 Å². The van der Waals surface area contributed by atoms with Gasteiger partial charge in [0, 0.05) is 5.56 Å². The smallest absolute Gasteiger partial charge is 0.344 e. The van der Waals surface area contributed by atoms with E-state index in [0.29, 0.717) is 16.9 Å². The summed E-state index contributed by atoms with van der Waals surface area (Å²) in [6.45, 7) is 0. The molecule has 0 spiro atoms. The minimum Gasteiger partial charge on any atom is -0.422 e. The van der Waals surface area contributed by atoms with Gasteiger partial charge in [0.2, 0.25) is 0 Å². The van der Waals surface area contributed by atoms with Crippen molar-refractivity contribution in [3.63, 3.8) is 0 Å². The Labute approximate surface area is 114 Å². The maximum Gasteiger partial charge on any atom is 0.344 e. The third-order valence-corrected chi connectivity index (χ3v) is 3.15. The number of cyclic esters (lactones) is 1. The fraction of sp³-hybridized carbons (Fsp3) is 0. The van der Waals surface area contributed by atoms with Crippen molar-refractivity contribution in [2.24, 2.45) is 0 Å². The van der Waals surface area contributed by atoms with Crippen LogP contribution in [0.15, 0.2) is 42.5 Å². The van der Waals surface area contributed by atoms with Crippen LogP contribution in [0.2, 0.25) is 5.02 Å². The zero-order valence-electron chi connectivity index (χ0n) is 9.69. The van der Waals surface area contributed by atoms with Crippen LogP contribution < -0.4 is 0 Å². The van der Waals surface area contributed by atoms with Gasteiger partial charge in [0.15, 0.2) is 0 Å². The highest BCUT2D eigenvalue weighted by molar-refractivity contribution is 6.30. The van der Waals surface area contributed by atoms with Gasteiger partial charge in [0.05, 0.1) is 10.6 Å². The van der Waals surface area contributed by atoms with Crippen LogP contribution in [0.5, 0.6) is 0 Å². The molecule has 2 nitrogen and oxygen atoms in total. The Bertz CT molecular complexity index is 707. The van der Waals surface area contributed by atoms with E-state index in [1.807, 2.05) is 6.07 Å². The average molecular weight is 275 g/mol. The molecular formula is C15H8ClFO2. The van der Waals surface area contributed by atoms with Crippen molar-refractivity contribution in [3.05, 3.63) is 70.0 Å². The molecule has 0 N–H and O–H groups in total. The minimum absolute atomic E-state index is 0.0342. The molecule has 0 radical (unpaired) electrons. The van der Waals surface area contributed by atoms with Crippen LogP contribution in [-0.2, 0) is 4.74 Å². The first-order chi connectivity index (χ1) is 9.15. The molecule has 0 bridgehead atoms. The quantitative estimate of drug-likeness (QED) is 0.730. The summed E-state index contributed by atoms with van der Waals surface area (Å²) >= 11 is 5.72. The SMILES string of the molecule is O=C1OC(=Cc2ccc(F)c(Cl)c2)c2ccccc21. The van der Waals surface area contributed by atoms with Crippen molar-refractivity contribution in [2.45, 2.75) is 0 Å². The van der Waals surface area contributed by atoms with E-state index in [0.717, 1.165) is 5.56 Å². The largest absolute Gasteiger partial charge is 0.422 e. The number of fused-ring (bicyclic) bond motifs is 1. The third kappa shape index (κ3) is 2.13. The highest BCUT2D eigenvalue weighted by atomic mass is 35.5. The van der Waals surface area contributed by atoms with Crippen LogP contribution in [0.1, 0.15) is 21.5 Å². The third-order valence-electron chi connectivity index (χ3n) is 2.86. The Hall–Kier alpha value is -2.13. The molecule has 1 aliphatic heterocycles. The first-order valence-electron chi connectivity index (χ1n) is 5.63. The summed E-state index contributed by atoms with van der Waals surface area (Å²) in [7, 11) is 0. The monoisotopic (exact) mass is 274 g/mol. The topological polar surface area (TPSA) is 26.3 Å². The second-order valence-corrected chi connectivity index (χ2v) is 4.52. The molecule has 0 aromatic heterocycles. The lowest BCUT2D eigenvalue weighted by Gasteiger charge is -2.00. The van der Waals surface area contributed by atoms with Gasteiger partial charge in [-0.25, -0.2) is 9.18 Å². The van der Waals surface area contributed by atoms with E-state index in [1.165, 1.54) is 12.1 Å². The molecule has 2 aromatic carbocycles. The van der Waals surface area contributed by atoms with Crippen molar-refractivity contribution in [1.82, 2.24) is 0 Å². The molecule has 0 unspecified atom stereocenters. The number of halogens is 2. The molecule has 0 saturated heterocycles. The normalized spacial score (nSPS) is 15.5. The van der Waals surface area contributed by atoms with Crippen molar-refractivity contribution in [1.29, 1.82) is 0 Å². The van der Waals surface area contributed by atoms with Crippen LogP contribution >= 0.6 is 11.6 Å². The number of carbonyl (C=O) groups excluding carboxylic acids is 1. The zero-order valence-corrected chi connectivity index (χ0v) is 10.4. The van der Waals surface area contributed by atoms with Crippen molar-refractivity contribution >= 4 is 29.4 Å². The fourth-order valence-corrected chi connectivity index (χ4v) is 2.14.